The minimum atomic E-state index is -4.48. The third-order valence-corrected chi connectivity index (χ3v) is 4.08. The van der Waals surface area contributed by atoms with Crippen LogP contribution < -0.4 is 11.1 Å². The standard InChI is InChI=1S/C14H20F3N3O/c15-14(16,17)13-5-12(11(18)7-20-13)19-6-9-3-1-2-4-10(9)8-21/h5,7,9-10,21H,1-4,6,8,18H2,(H,19,20). The number of rotatable bonds is 4. The Hall–Kier alpha value is -1.50. The molecule has 0 radical (unpaired) electrons. The third-order valence-electron chi connectivity index (χ3n) is 4.08. The maximum Gasteiger partial charge on any atom is 0.433 e. The zero-order chi connectivity index (χ0) is 15.5. The molecule has 1 saturated carbocycles. The van der Waals surface area contributed by atoms with Crippen molar-refractivity contribution in [2.24, 2.45) is 11.8 Å². The molecule has 0 saturated heterocycles. The number of hydrogen-bond acceptors (Lipinski definition) is 4. The fourth-order valence-corrected chi connectivity index (χ4v) is 2.81. The van der Waals surface area contributed by atoms with E-state index in [1.807, 2.05) is 0 Å². The predicted molar refractivity (Wildman–Crippen MR) is 74.7 cm³/mol. The SMILES string of the molecule is Nc1cnc(C(F)(F)F)cc1NCC1CCCCC1CO. The Labute approximate surface area is 121 Å². The number of nitrogen functional groups attached to an aromatic ring is 1. The molecule has 4 nitrogen and oxygen atoms in total. The molecule has 1 fully saturated rings. The number of alkyl halides is 3. The minimum Gasteiger partial charge on any atom is -0.396 e. The van der Waals surface area contributed by atoms with Gasteiger partial charge in [-0.2, -0.15) is 13.2 Å². The zero-order valence-electron chi connectivity index (χ0n) is 11.7. The topological polar surface area (TPSA) is 71.2 Å². The highest BCUT2D eigenvalue weighted by Gasteiger charge is 2.33. The van der Waals surface area contributed by atoms with Crippen LogP contribution in [0.3, 0.4) is 0 Å². The number of hydrogen-bond donors (Lipinski definition) is 3. The molecule has 1 aliphatic rings. The Morgan fingerprint density at radius 1 is 1.29 bits per heavy atom. The molecular weight excluding hydrogens is 283 g/mol. The van der Waals surface area contributed by atoms with Gasteiger partial charge in [0.2, 0.25) is 0 Å². The Kier molecular flexibility index (Phi) is 4.92. The first-order chi connectivity index (χ1) is 9.91. The lowest BCUT2D eigenvalue weighted by atomic mass is 9.79. The molecule has 2 rings (SSSR count). The molecule has 0 aromatic carbocycles. The number of aliphatic hydroxyl groups is 1. The smallest absolute Gasteiger partial charge is 0.396 e. The van der Waals surface area contributed by atoms with Crippen LogP contribution in [0.4, 0.5) is 24.5 Å². The normalized spacial score (nSPS) is 23.0. The summed E-state index contributed by atoms with van der Waals surface area (Å²) in [6, 6.07) is 0.937. The average molecular weight is 303 g/mol. The zero-order valence-corrected chi connectivity index (χ0v) is 11.7. The van der Waals surface area contributed by atoms with E-state index in [2.05, 4.69) is 10.3 Å². The summed E-state index contributed by atoms with van der Waals surface area (Å²) >= 11 is 0. The number of nitrogens with zero attached hydrogens (tertiary/aromatic N) is 1. The van der Waals surface area contributed by atoms with E-state index in [0.29, 0.717) is 6.54 Å². The van der Waals surface area contributed by atoms with Crippen LogP contribution in [-0.4, -0.2) is 23.2 Å². The lowest BCUT2D eigenvalue weighted by molar-refractivity contribution is -0.141. The number of halogens is 3. The van der Waals surface area contributed by atoms with Crippen molar-refractivity contribution in [1.82, 2.24) is 4.98 Å². The molecule has 0 amide bonds. The monoisotopic (exact) mass is 303 g/mol. The van der Waals surface area contributed by atoms with Gasteiger partial charge >= 0.3 is 6.18 Å². The van der Waals surface area contributed by atoms with E-state index in [-0.39, 0.29) is 29.8 Å². The lowest BCUT2D eigenvalue weighted by Gasteiger charge is -2.30. The fourth-order valence-electron chi connectivity index (χ4n) is 2.81. The first-order valence-electron chi connectivity index (χ1n) is 7.09. The van der Waals surface area contributed by atoms with Crippen LogP contribution in [0.1, 0.15) is 31.4 Å². The van der Waals surface area contributed by atoms with Gasteiger partial charge in [0.1, 0.15) is 5.69 Å². The van der Waals surface area contributed by atoms with Gasteiger partial charge in [0.15, 0.2) is 0 Å². The molecule has 1 aliphatic carbocycles. The van der Waals surface area contributed by atoms with Crippen molar-refractivity contribution in [2.45, 2.75) is 31.9 Å². The largest absolute Gasteiger partial charge is 0.433 e. The van der Waals surface area contributed by atoms with Gasteiger partial charge in [-0.3, -0.25) is 0 Å². The molecule has 118 valence electrons. The van der Waals surface area contributed by atoms with E-state index in [4.69, 9.17) is 5.73 Å². The van der Waals surface area contributed by atoms with E-state index in [0.717, 1.165) is 37.9 Å². The predicted octanol–water partition coefficient (Wildman–Crippen LogP) is 2.89. The van der Waals surface area contributed by atoms with Crippen LogP contribution in [0.5, 0.6) is 0 Å². The second-order valence-electron chi connectivity index (χ2n) is 5.52. The molecular formula is C14H20F3N3O. The number of nitrogens with two attached hydrogens (primary N) is 1. The Morgan fingerprint density at radius 3 is 2.57 bits per heavy atom. The van der Waals surface area contributed by atoms with Crippen LogP contribution >= 0.6 is 0 Å². The first-order valence-corrected chi connectivity index (χ1v) is 7.09. The van der Waals surface area contributed by atoms with E-state index in [9.17, 15) is 18.3 Å². The maximum atomic E-state index is 12.6. The van der Waals surface area contributed by atoms with Crippen molar-refractivity contribution < 1.29 is 18.3 Å². The Balaban J connectivity index is 2.05. The molecule has 0 aliphatic heterocycles. The van der Waals surface area contributed by atoms with Crippen molar-refractivity contribution in [1.29, 1.82) is 0 Å². The summed E-state index contributed by atoms with van der Waals surface area (Å²) < 4.78 is 37.9. The summed E-state index contributed by atoms with van der Waals surface area (Å²) in [5.74, 6) is 0.460. The summed E-state index contributed by atoms with van der Waals surface area (Å²) in [6.07, 6.45) is 0.649. The van der Waals surface area contributed by atoms with Crippen molar-refractivity contribution in [2.75, 3.05) is 24.2 Å². The minimum absolute atomic E-state index is 0.117. The molecule has 0 spiro atoms. The summed E-state index contributed by atoms with van der Waals surface area (Å²) in [5.41, 5.74) is 5.16. The number of aliphatic hydroxyl groups excluding tert-OH is 1. The van der Waals surface area contributed by atoms with Crippen LogP contribution in [-0.2, 0) is 6.18 Å². The van der Waals surface area contributed by atoms with Crippen molar-refractivity contribution in [3.63, 3.8) is 0 Å². The third kappa shape index (κ3) is 4.00. The van der Waals surface area contributed by atoms with Crippen LogP contribution in [0.2, 0.25) is 0 Å². The molecule has 2 unspecified atom stereocenters. The molecule has 4 N–H and O–H groups in total. The fraction of sp³-hybridized carbons (Fsp3) is 0.643. The molecule has 0 bridgehead atoms. The highest BCUT2D eigenvalue weighted by molar-refractivity contribution is 5.65. The van der Waals surface area contributed by atoms with Crippen molar-refractivity contribution in [3.8, 4) is 0 Å². The van der Waals surface area contributed by atoms with Crippen LogP contribution in [0, 0.1) is 11.8 Å². The maximum absolute atomic E-state index is 12.6. The average Bonchev–Trinajstić information content (AvgIpc) is 2.45. The van der Waals surface area contributed by atoms with Gasteiger partial charge in [-0.1, -0.05) is 12.8 Å². The van der Waals surface area contributed by atoms with E-state index in [1.165, 1.54) is 0 Å². The number of nitrogens with one attached hydrogen (secondary N) is 1. The summed E-state index contributed by atoms with van der Waals surface area (Å²) in [7, 11) is 0. The van der Waals surface area contributed by atoms with Crippen molar-refractivity contribution >= 4 is 11.4 Å². The van der Waals surface area contributed by atoms with Gasteiger partial charge in [-0.05, 0) is 30.7 Å². The van der Waals surface area contributed by atoms with Crippen LogP contribution in [0.25, 0.3) is 0 Å². The molecule has 2 atom stereocenters. The number of anilines is 2. The number of aromatic nitrogens is 1. The van der Waals surface area contributed by atoms with Gasteiger partial charge in [0.25, 0.3) is 0 Å². The quantitative estimate of drug-likeness (QED) is 0.800. The number of pyridine rings is 1. The highest BCUT2D eigenvalue weighted by atomic mass is 19.4. The van der Waals surface area contributed by atoms with E-state index < -0.39 is 11.9 Å². The Bertz CT molecular complexity index is 479. The molecule has 1 heterocycles. The van der Waals surface area contributed by atoms with Gasteiger partial charge < -0.3 is 16.2 Å². The second-order valence-corrected chi connectivity index (χ2v) is 5.52. The molecule has 1 aromatic rings. The first kappa shape index (κ1) is 15.9. The lowest BCUT2D eigenvalue weighted by Crippen LogP contribution is -2.29. The van der Waals surface area contributed by atoms with Gasteiger partial charge in [0.05, 0.1) is 17.6 Å². The molecule has 1 aromatic heterocycles. The summed E-state index contributed by atoms with van der Waals surface area (Å²) in [4.78, 5) is 3.31. The van der Waals surface area contributed by atoms with E-state index in [1.54, 1.807) is 0 Å². The van der Waals surface area contributed by atoms with Crippen LogP contribution in [0.15, 0.2) is 12.3 Å². The van der Waals surface area contributed by atoms with E-state index >= 15 is 0 Å². The molecule has 21 heavy (non-hydrogen) atoms. The van der Waals surface area contributed by atoms with Gasteiger partial charge in [-0.25, -0.2) is 4.98 Å². The van der Waals surface area contributed by atoms with Gasteiger partial charge in [-0.15, -0.1) is 0 Å². The Morgan fingerprint density at radius 2 is 1.95 bits per heavy atom. The van der Waals surface area contributed by atoms with Gasteiger partial charge in [0, 0.05) is 13.2 Å². The second kappa shape index (κ2) is 6.51. The highest BCUT2D eigenvalue weighted by Crippen LogP contribution is 2.33. The van der Waals surface area contributed by atoms with Crippen molar-refractivity contribution in [3.05, 3.63) is 18.0 Å². The summed E-state index contributed by atoms with van der Waals surface area (Å²) in [5, 5.41) is 12.3. The summed E-state index contributed by atoms with van der Waals surface area (Å²) in [6.45, 7) is 0.628. The molecule has 7 heteroatoms.